The summed E-state index contributed by atoms with van der Waals surface area (Å²) in [7, 11) is 4.02. The molecule has 0 amide bonds. The minimum absolute atomic E-state index is 0.136. The number of rotatable bonds is 7. The van der Waals surface area contributed by atoms with Crippen LogP contribution >= 0.6 is 11.6 Å². The van der Waals surface area contributed by atoms with Crippen LogP contribution in [0.5, 0.6) is 5.75 Å². The summed E-state index contributed by atoms with van der Waals surface area (Å²) in [6.45, 7) is 3.54. The van der Waals surface area contributed by atoms with E-state index >= 15 is 0 Å². The Kier molecular flexibility index (Phi) is 6.68. The monoisotopic (exact) mass is 440 g/mol. The van der Waals surface area contributed by atoms with Gasteiger partial charge in [-0.25, -0.2) is 4.79 Å². The first-order chi connectivity index (χ1) is 15.0. The van der Waals surface area contributed by atoms with Gasteiger partial charge in [0.25, 0.3) is 0 Å². The van der Waals surface area contributed by atoms with Crippen molar-refractivity contribution in [2.24, 2.45) is 0 Å². The van der Waals surface area contributed by atoms with Gasteiger partial charge >= 0.3 is 5.69 Å². The van der Waals surface area contributed by atoms with E-state index < -0.39 is 0 Å². The molecule has 0 unspecified atom stereocenters. The zero-order valence-electron chi connectivity index (χ0n) is 18.1. The smallest absolute Gasteiger partial charge is 0.337 e. The molecule has 0 bridgehead atoms. The molecule has 7 heteroatoms. The molecule has 4 rings (SSSR count). The average Bonchev–Trinajstić information content (AvgIpc) is 3.16. The van der Waals surface area contributed by atoms with Crippen molar-refractivity contribution in [3.8, 4) is 17.1 Å². The number of anilines is 1. The fraction of sp³-hybridized carbons (Fsp3) is 0.375. The van der Waals surface area contributed by atoms with Crippen molar-refractivity contribution in [1.82, 2.24) is 14.0 Å². The van der Waals surface area contributed by atoms with Gasteiger partial charge in [-0.15, -0.1) is 0 Å². The van der Waals surface area contributed by atoms with Crippen LogP contribution < -0.4 is 15.3 Å². The predicted molar refractivity (Wildman–Crippen MR) is 126 cm³/mol. The van der Waals surface area contributed by atoms with E-state index in [0.717, 1.165) is 42.4 Å². The fourth-order valence-electron chi connectivity index (χ4n) is 3.86. The maximum Gasteiger partial charge on any atom is 0.337 e. The number of nitrogens with zero attached hydrogens (tertiary/aromatic N) is 4. The summed E-state index contributed by atoms with van der Waals surface area (Å²) in [5.41, 5.74) is 2.46. The third-order valence-electron chi connectivity index (χ3n) is 5.61. The van der Waals surface area contributed by atoms with Crippen molar-refractivity contribution in [3.05, 3.63) is 70.4 Å². The Morgan fingerprint density at radius 2 is 1.58 bits per heavy atom. The number of likely N-dealkylation sites (N-methyl/N-ethyl adjacent to an activating group) is 1. The summed E-state index contributed by atoms with van der Waals surface area (Å²) >= 11 is 6.59. The number of piperidine rings is 1. The number of halogens is 1. The Morgan fingerprint density at radius 3 is 2.23 bits per heavy atom. The molecule has 1 saturated heterocycles. The van der Waals surface area contributed by atoms with E-state index in [2.05, 4.69) is 9.80 Å². The highest BCUT2D eigenvalue weighted by Crippen LogP contribution is 2.30. The second-order valence-corrected chi connectivity index (χ2v) is 8.56. The van der Waals surface area contributed by atoms with Gasteiger partial charge in [-0.05, 0) is 75.8 Å². The van der Waals surface area contributed by atoms with Crippen molar-refractivity contribution >= 4 is 17.3 Å². The molecule has 31 heavy (non-hydrogen) atoms. The van der Waals surface area contributed by atoms with Gasteiger partial charge in [0.15, 0.2) is 0 Å². The summed E-state index contributed by atoms with van der Waals surface area (Å²) in [5.74, 6) is 0.790. The van der Waals surface area contributed by atoms with E-state index in [-0.39, 0.29) is 5.69 Å². The van der Waals surface area contributed by atoms with Gasteiger partial charge in [0.2, 0.25) is 0 Å². The molecule has 0 saturated carbocycles. The summed E-state index contributed by atoms with van der Waals surface area (Å²) in [6, 6.07) is 13.4. The SMILES string of the molecule is CN(C)CCOc1ccc(-n2ccn(-c3ccc(N4CCCCC4)c(Cl)c3)c2=O)cc1. The van der Waals surface area contributed by atoms with E-state index in [1.807, 2.05) is 56.6 Å². The second-order valence-electron chi connectivity index (χ2n) is 8.15. The van der Waals surface area contributed by atoms with Gasteiger partial charge in [0, 0.05) is 32.0 Å². The molecular formula is C24H29ClN4O2. The Bertz CT molecular complexity index is 1070. The normalized spacial score (nSPS) is 14.3. The van der Waals surface area contributed by atoms with Gasteiger partial charge in [0.1, 0.15) is 12.4 Å². The third-order valence-corrected chi connectivity index (χ3v) is 5.91. The molecule has 1 aliphatic heterocycles. The van der Waals surface area contributed by atoms with Crippen LogP contribution in [-0.4, -0.2) is 54.4 Å². The van der Waals surface area contributed by atoms with Gasteiger partial charge < -0.3 is 14.5 Å². The summed E-state index contributed by atoms with van der Waals surface area (Å²) in [6.07, 6.45) is 7.21. The van der Waals surface area contributed by atoms with Crippen molar-refractivity contribution in [3.63, 3.8) is 0 Å². The van der Waals surface area contributed by atoms with Crippen LogP contribution in [0.4, 0.5) is 5.69 Å². The molecule has 0 radical (unpaired) electrons. The molecule has 2 aromatic carbocycles. The molecule has 6 nitrogen and oxygen atoms in total. The van der Waals surface area contributed by atoms with Crippen LogP contribution in [0.3, 0.4) is 0 Å². The van der Waals surface area contributed by atoms with E-state index in [4.69, 9.17) is 16.3 Å². The maximum absolute atomic E-state index is 13.0. The number of ether oxygens (including phenoxy) is 1. The van der Waals surface area contributed by atoms with E-state index in [0.29, 0.717) is 11.6 Å². The largest absolute Gasteiger partial charge is 0.492 e. The number of hydrogen-bond donors (Lipinski definition) is 0. The third kappa shape index (κ3) is 4.97. The molecule has 164 valence electrons. The van der Waals surface area contributed by atoms with Crippen molar-refractivity contribution in [2.45, 2.75) is 19.3 Å². The highest BCUT2D eigenvalue weighted by Gasteiger charge is 2.15. The molecule has 1 fully saturated rings. The first kappa shape index (κ1) is 21.5. The van der Waals surface area contributed by atoms with Crippen LogP contribution in [0.2, 0.25) is 5.02 Å². The summed E-state index contributed by atoms with van der Waals surface area (Å²) in [5, 5.41) is 0.679. The highest BCUT2D eigenvalue weighted by molar-refractivity contribution is 6.33. The Balaban J connectivity index is 1.52. The Labute approximate surface area is 188 Å². The number of aromatic nitrogens is 2. The van der Waals surface area contributed by atoms with Gasteiger partial charge in [0.05, 0.1) is 22.1 Å². The van der Waals surface area contributed by atoms with Gasteiger partial charge in [-0.2, -0.15) is 0 Å². The van der Waals surface area contributed by atoms with Crippen molar-refractivity contribution < 1.29 is 4.74 Å². The van der Waals surface area contributed by atoms with E-state index in [9.17, 15) is 4.79 Å². The van der Waals surface area contributed by atoms with Gasteiger partial charge in [-0.1, -0.05) is 11.6 Å². The minimum atomic E-state index is -0.136. The standard InChI is InChI=1S/C24H29ClN4O2/c1-26(2)16-17-31-21-9-6-19(7-10-21)28-14-15-29(24(28)30)20-8-11-23(22(25)18-20)27-12-4-3-5-13-27/h6-11,14-15,18H,3-5,12-13,16-17H2,1-2H3. The quantitative estimate of drug-likeness (QED) is 0.552. The molecule has 0 N–H and O–H groups in total. The van der Waals surface area contributed by atoms with E-state index in [1.165, 1.54) is 19.3 Å². The molecule has 3 aromatic rings. The lowest BCUT2D eigenvalue weighted by Crippen LogP contribution is -2.29. The van der Waals surface area contributed by atoms with Crippen LogP contribution in [0.1, 0.15) is 19.3 Å². The molecule has 0 spiro atoms. The molecule has 0 atom stereocenters. The van der Waals surface area contributed by atoms with Crippen LogP contribution in [-0.2, 0) is 0 Å². The second kappa shape index (κ2) is 9.62. The highest BCUT2D eigenvalue weighted by atomic mass is 35.5. The lowest BCUT2D eigenvalue weighted by atomic mass is 10.1. The summed E-state index contributed by atoms with van der Waals surface area (Å²) in [4.78, 5) is 17.4. The zero-order valence-corrected chi connectivity index (χ0v) is 18.9. The Morgan fingerprint density at radius 1 is 0.935 bits per heavy atom. The lowest BCUT2D eigenvalue weighted by Gasteiger charge is -2.29. The Hall–Kier alpha value is -2.70. The maximum atomic E-state index is 13.0. The molecule has 1 aliphatic rings. The molecular weight excluding hydrogens is 412 g/mol. The predicted octanol–water partition coefficient (Wildman–Crippen LogP) is 4.21. The summed E-state index contributed by atoms with van der Waals surface area (Å²) < 4.78 is 8.97. The van der Waals surface area contributed by atoms with Crippen LogP contribution in [0.25, 0.3) is 11.4 Å². The van der Waals surface area contributed by atoms with Crippen molar-refractivity contribution in [1.29, 1.82) is 0 Å². The lowest BCUT2D eigenvalue weighted by molar-refractivity contribution is 0.261. The molecule has 2 heterocycles. The minimum Gasteiger partial charge on any atom is -0.492 e. The topological polar surface area (TPSA) is 42.6 Å². The zero-order chi connectivity index (χ0) is 21.8. The number of hydrogen-bond acceptors (Lipinski definition) is 4. The molecule has 1 aromatic heterocycles. The van der Waals surface area contributed by atoms with E-state index in [1.54, 1.807) is 21.5 Å². The van der Waals surface area contributed by atoms with Crippen molar-refractivity contribution in [2.75, 3.05) is 45.2 Å². The number of benzene rings is 2. The average molecular weight is 441 g/mol. The number of imidazole rings is 1. The fourth-order valence-corrected chi connectivity index (χ4v) is 4.15. The first-order valence-electron chi connectivity index (χ1n) is 10.8. The van der Waals surface area contributed by atoms with Crippen LogP contribution in [0, 0.1) is 0 Å². The van der Waals surface area contributed by atoms with Gasteiger partial charge in [-0.3, -0.25) is 9.13 Å². The first-order valence-corrected chi connectivity index (χ1v) is 11.1. The molecule has 0 aliphatic carbocycles. The van der Waals surface area contributed by atoms with Crippen LogP contribution in [0.15, 0.2) is 59.7 Å².